The number of amides is 1. The minimum absolute atomic E-state index is 0.125. The van der Waals surface area contributed by atoms with E-state index in [9.17, 15) is 4.79 Å². The molecule has 26 heavy (non-hydrogen) atoms. The number of carbonyl (C=O) groups excluding carboxylic acids is 1. The smallest absolute Gasteiger partial charge is 0.229 e. The number of nitrogens with zero attached hydrogens (tertiary/aromatic N) is 1. The van der Waals surface area contributed by atoms with Crippen molar-refractivity contribution in [3.05, 3.63) is 29.6 Å². The van der Waals surface area contributed by atoms with Crippen molar-refractivity contribution in [2.24, 2.45) is 11.8 Å². The summed E-state index contributed by atoms with van der Waals surface area (Å²) in [7, 11) is 1.66. The predicted octanol–water partition coefficient (Wildman–Crippen LogP) is 5.75. The van der Waals surface area contributed by atoms with Crippen molar-refractivity contribution in [1.82, 2.24) is 4.98 Å². The van der Waals surface area contributed by atoms with Crippen LogP contribution in [0.3, 0.4) is 0 Å². The van der Waals surface area contributed by atoms with Gasteiger partial charge in [0.25, 0.3) is 0 Å². The van der Waals surface area contributed by atoms with Crippen LogP contribution in [0.25, 0.3) is 11.3 Å². The van der Waals surface area contributed by atoms with E-state index in [-0.39, 0.29) is 11.8 Å². The van der Waals surface area contributed by atoms with E-state index in [0.29, 0.717) is 5.13 Å². The number of anilines is 1. The summed E-state index contributed by atoms with van der Waals surface area (Å²) in [6.07, 6.45) is 8.27. The molecule has 0 spiro atoms. The van der Waals surface area contributed by atoms with Gasteiger partial charge < -0.3 is 10.1 Å². The molecule has 140 valence electrons. The number of unbranched alkanes of at least 4 members (excludes halogenated alkanes) is 1. The third kappa shape index (κ3) is 4.64. The molecule has 5 heteroatoms. The highest BCUT2D eigenvalue weighted by molar-refractivity contribution is 7.14. The minimum Gasteiger partial charge on any atom is -0.496 e. The van der Waals surface area contributed by atoms with E-state index in [1.165, 1.54) is 43.4 Å². The molecule has 2 aromatic rings. The normalized spacial score (nSPS) is 19.9. The van der Waals surface area contributed by atoms with Gasteiger partial charge in [0, 0.05) is 16.9 Å². The molecule has 1 aromatic carbocycles. The number of rotatable bonds is 7. The van der Waals surface area contributed by atoms with Gasteiger partial charge in [0.05, 0.1) is 12.8 Å². The van der Waals surface area contributed by atoms with E-state index >= 15 is 0 Å². The average Bonchev–Trinajstić information content (AvgIpc) is 3.15. The number of hydrogen-bond acceptors (Lipinski definition) is 4. The molecule has 0 bridgehead atoms. The van der Waals surface area contributed by atoms with Crippen LogP contribution in [0.4, 0.5) is 5.13 Å². The second-order valence-corrected chi connectivity index (χ2v) is 7.95. The molecule has 0 radical (unpaired) electrons. The molecule has 0 unspecified atom stereocenters. The Morgan fingerprint density at radius 1 is 1.27 bits per heavy atom. The zero-order valence-corrected chi connectivity index (χ0v) is 16.5. The Morgan fingerprint density at radius 2 is 2.04 bits per heavy atom. The quantitative estimate of drug-likeness (QED) is 0.673. The first-order valence-electron chi connectivity index (χ1n) is 9.61. The first-order chi connectivity index (χ1) is 12.7. The van der Waals surface area contributed by atoms with Gasteiger partial charge in [-0.1, -0.05) is 38.3 Å². The van der Waals surface area contributed by atoms with E-state index in [1.54, 1.807) is 7.11 Å². The number of methoxy groups -OCH3 is 1. The van der Waals surface area contributed by atoms with Crippen LogP contribution in [0.1, 0.15) is 51.9 Å². The molecule has 0 aliphatic heterocycles. The van der Waals surface area contributed by atoms with Crippen molar-refractivity contribution < 1.29 is 9.53 Å². The number of aromatic nitrogens is 1. The second kappa shape index (κ2) is 9.17. The van der Waals surface area contributed by atoms with Crippen LogP contribution in [0.5, 0.6) is 5.75 Å². The summed E-state index contributed by atoms with van der Waals surface area (Å²) in [5.74, 6) is 1.86. The lowest BCUT2D eigenvalue weighted by Gasteiger charge is -2.27. The standard InChI is InChI=1S/C21H28N2O2S/c1-3-4-7-15-10-12-16(13-11-15)20(24)23-21-22-18(14-26-21)17-8-5-6-9-19(17)25-2/h5-6,8-9,14-16H,3-4,7,10-13H2,1-2H3,(H,22,23,24). The third-order valence-electron chi connectivity index (χ3n) is 5.30. The monoisotopic (exact) mass is 372 g/mol. The number of thiazole rings is 1. The molecule has 1 N–H and O–H groups in total. The second-order valence-electron chi connectivity index (χ2n) is 7.09. The predicted molar refractivity (Wildman–Crippen MR) is 108 cm³/mol. The van der Waals surface area contributed by atoms with Crippen LogP contribution in [-0.2, 0) is 4.79 Å². The third-order valence-corrected chi connectivity index (χ3v) is 6.06. The summed E-state index contributed by atoms with van der Waals surface area (Å²) in [6, 6.07) is 7.81. The maximum atomic E-state index is 12.6. The van der Waals surface area contributed by atoms with Gasteiger partial charge in [-0.2, -0.15) is 0 Å². The Bertz CT molecular complexity index is 720. The van der Waals surface area contributed by atoms with Crippen molar-refractivity contribution >= 4 is 22.4 Å². The van der Waals surface area contributed by atoms with E-state index < -0.39 is 0 Å². The Labute approximate surface area is 160 Å². The molecular weight excluding hydrogens is 344 g/mol. The van der Waals surface area contributed by atoms with Crippen molar-refractivity contribution in [3.8, 4) is 17.0 Å². The molecule has 1 aromatic heterocycles. The molecule has 1 saturated carbocycles. The van der Waals surface area contributed by atoms with E-state index in [1.807, 2.05) is 29.6 Å². The van der Waals surface area contributed by atoms with E-state index in [4.69, 9.17) is 4.74 Å². The number of ether oxygens (including phenoxy) is 1. The fourth-order valence-electron chi connectivity index (χ4n) is 3.72. The van der Waals surface area contributed by atoms with Crippen LogP contribution in [0.2, 0.25) is 0 Å². The molecule has 1 aliphatic rings. The summed E-state index contributed by atoms with van der Waals surface area (Å²) >= 11 is 1.47. The molecular formula is C21H28N2O2S. The zero-order chi connectivity index (χ0) is 18.4. The van der Waals surface area contributed by atoms with Gasteiger partial charge in [0.15, 0.2) is 5.13 Å². The van der Waals surface area contributed by atoms with Gasteiger partial charge >= 0.3 is 0 Å². The number of benzene rings is 1. The maximum absolute atomic E-state index is 12.6. The lowest BCUT2D eigenvalue weighted by Crippen LogP contribution is -2.27. The first-order valence-corrected chi connectivity index (χ1v) is 10.5. The summed E-state index contributed by atoms with van der Waals surface area (Å²) < 4.78 is 5.40. The van der Waals surface area contributed by atoms with Crippen molar-refractivity contribution in [2.45, 2.75) is 51.9 Å². The molecule has 1 aliphatic carbocycles. The zero-order valence-electron chi connectivity index (χ0n) is 15.7. The Hall–Kier alpha value is -1.88. The van der Waals surface area contributed by atoms with Crippen LogP contribution in [0, 0.1) is 11.8 Å². The van der Waals surface area contributed by atoms with Gasteiger partial charge in [0.2, 0.25) is 5.91 Å². The van der Waals surface area contributed by atoms with Crippen LogP contribution < -0.4 is 10.1 Å². The molecule has 1 fully saturated rings. The van der Waals surface area contributed by atoms with E-state index in [2.05, 4.69) is 17.2 Å². The highest BCUT2D eigenvalue weighted by Gasteiger charge is 2.26. The number of carbonyl (C=O) groups is 1. The van der Waals surface area contributed by atoms with E-state index in [0.717, 1.165) is 35.8 Å². The lowest BCUT2D eigenvalue weighted by molar-refractivity contribution is -0.121. The summed E-state index contributed by atoms with van der Waals surface area (Å²) in [5.41, 5.74) is 1.79. The van der Waals surface area contributed by atoms with Crippen LogP contribution >= 0.6 is 11.3 Å². The number of nitrogens with one attached hydrogen (secondary N) is 1. The van der Waals surface area contributed by atoms with Gasteiger partial charge in [-0.3, -0.25) is 4.79 Å². The maximum Gasteiger partial charge on any atom is 0.229 e. The SMILES string of the molecule is CCCCC1CCC(C(=O)Nc2nc(-c3ccccc3OC)cs2)CC1. The van der Waals surface area contributed by atoms with Crippen molar-refractivity contribution in [3.63, 3.8) is 0 Å². The molecule has 3 rings (SSSR count). The Morgan fingerprint density at radius 3 is 2.77 bits per heavy atom. The summed E-state index contributed by atoms with van der Waals surface area (Å²) in [6.45, 7) is 2.24. The fourth-order valence-corrected chi connectivity index (χ4v) is 4.44. The highest BCUT2D eigenvalue weighted by Crippen LogP contribution is 2.34. The summed E-state index contributed by atoms with van der Waals surface area (Å²) in [4.78, 5) is 17.2. The number of para-hydroxylation sites is 1. The minimum atomic E-state index is 0.125. The average molecular weight is 373 g/mol. The molecule has 1 amide bonds. The van der Waals surface area contributed by atoms with Crippen molar-refractivity contribution in [1.29, 1.82) is 0 Å². The molecule has 4 nitrogen and oxygen atoms in total. The lowest BCUT2D eigenvalue weighted by atomic mass is 9.79. The molecule has 0 saturated heterocycles. The van der Waals surface area contributed by atoms with Gasteiger partial charge in [-0.15, -0.1) is 11.3 Å². The largest absolute Gasteiger partial charge is 0.496 e. The van der Waals surface area contributed by atoms with Crippen LogP contribution in [-0.4, -0.2) is 18.0 Å². The highest BCUT2D eigenvalue weighted by atomic mass is 32.1. The Balaban J connectivity index is 1.57. The van der Waals surface area contributed by atoms with Crippen molar-refractivity contribution in [2.75, 3.05) is 12.4 Å². The van der Waals surface area contributed by atoms with Crippen LogP contribution in [0.15, 0.2) is 29.6 Å². The molecule has 0 atom stereocenters. The topological polar surface area (TPSA) is 51.2 Å². The van der Waals surface area contributed by atoms with Gasteiger partial charge in [-0.05, 0) is 43.7 Å². The van der Waals surface area contributed by atoms with Gasteiger partial charge in [0.1, 0.15) is 5.75 Å². The molecule has 1 heterocycles. The number of hydrogen-bond donors (Lipinski definition) is 1. The first kappa shape index (κ1) is 18.9. The van der Waals surface area contributed by atoms with Gasteiger partial charge in [-0.25, -0.2) is 4.98 Å². The Kier molecular flexibility index (Phi) is 6.67. The fraction of sp³-hybridized carbons (Fsp3) is 0.524. The summed E-state index contributed by atoms with van der Waals surface area (Å²) in [5, 5.41) is 5.66.